The van der Waals surface area contributed by atoms with Crippen LogP contribution >= 0.6 is 0 Å². The molecule has 0 aromatic carbocycles. The van der Waals surface area contributed by atoms with Gasteiger partial charge < -0.3 is 20.1 Å². The lowest BCUT2D eigenvalue weighted by Gasteiger charge is -2.34. The van der Waals surface area contributed by atoms with Crippen LogP contribution in [0.3, 0.4) is 0 Å². The fourth-order valence-electron chi connectivity index (χ4n) is 2.64. The highest BCUT2D eigenvalue weighted by Crippen LogP contribution is 2.30. The highest BCUT2D eigenvalue weighted by molar-refractivity contribution is 5.68. The molecule has 1 aliphatic heterocycles. The molecule has 6 nitrogen and oxygen atoms in total. The molecule has 0 aliphatic carbocycles. The molecular weight excluding hydrogens is 351 g/mol. The van der Waals surface area contributed by atoms with Gasteiger partial charge in [0.05, 0.1) is 6.61 Å². The minimum absolute atomic E-state index is 0.0691. The lowest BCUT2D eigenvalue weighted by molar-refractivity contribution is -0.141. The number of hydrogen-bond acceptors (Lipinski definition) is 5. The van der Waals surface area contributed by atoms with E-state index in [0.717, 1.165) is 6.07 Å². The van der Waals surface area contributed by atoms with Crippen LogP contribution in [0.2, 0.25) is 0 Å². The van der Waals surface area contributed by atoms with Crippen molar-refractivity contribution in [1.29, 1.82) is 0 Å². The van der Waals surface area contributed by atoms with Crippen molar-refractivity contribution in [2.24, 2.45) is 0 Å². The molecule has 26 heavy (non-hydrogen) atoms. The van der Waals surface area contributed by atoms with Gasteiger partial charge in [-0.3, -0.25) is 0 Å². The number of aromatic nitrogens is 1. The Kier molecular flexibility index (Phi) is 6.00. The average molecular weight is 375 g/mol. The minimum Gasteiger partial charge on any atom is -0.444 e. The predicted octanol–water partition coefficient (Wildman–Crippen LogP) is 3.40. The van der Waals surface area contributed by atoms with Gasteiger partial charge in [0.25, 0.3) is 0 Å². The van der Waals surface area contributed by atoms with Gasteiger partial charge in [-0.25, -0.2) is 9.78 Å². The molecule has 2 heterocycles. The maximum absolute atomic E-state index is 12.9. The Labute approximate surface area is 150 Å². The molecule has 0 bridgehead atoms. The number of pyridine rings is 1. The van der Waals surface area contributed by atoms with E-state index < -0.39 is 30.2 Å². The lowest BCUT2D eigenvalue weighted by atomic mass is 10.1. The topological polar surface area (TPSA) is 74.7 Å². The highest BCUT2D eigenvalue weighted by atomic mass is 19.4. The monoisotopic (exact) mass is 375 g/mol. The number of carbonyl (C=O) groups is 1. The van der Waals surface area contributed by atoms with E-state index in [-0.39, 0.29) is 17.4 Å². The Morgan fingerprint density at radius 1 is 1.31 bits per heavy atom. The van der Waals surface area contributed by atoms with Gasteiger partial charge in [0, 0.05) is 19.1 Å². The average Bonchev–Trinajstić information content (AvgIpc) is 2.52. The molecule has 146 valence electrons. The lowest BCUT2D eigenvalue weighted by Crippen LogP contribution is -2.44. The number of likely N-dealkylation sites (tertiary alicyclic amines) is 1. The van der Waals surface area contributed by atoms with E-state index in [4.69, 9.17) is 9.84 Å². The van der Waals surface area contributed by atoms with Crippen LogP contribution in [0.15, 0.2) is 12.1 Å². The largest absolute Gasteiger partial charge is 0.444 e. The van der Waals surface area contributed by atoms with Crippen LogP contribution in [0.25, 0.3) is 0 Å². The summed E-state index contributed by atoms with van der Waals surface area (Å²) in [6.45, 7) is 5.75. The predicted molar refractivity (Wildman–Crippen MR) is 89.6 cm³/mol. The number of carbonyl (C=O) groups excluding carboxylic acids is 1. The number of halogens is 3. The van der Waals surface area contributed by atoms with Crippen LogP contribution in [0.5, 0.6) is 0 Å². The van der Waals surface area contributed by atoms with E-state index in [1.54, 1.807) is 25.7 Å². The van der Waals surface area contributed by atoms with Crippen molar-refractivity contribution in [2.45, 2.75) is 58.0 Å². The summed E-state index contributed by atoms with van der Waals surface area (Å²) in [5.74, 6) is 0.0691. The molecular formula is C17H24F3N3O3. The van der Waals surface area contributed by atoms with Gasteiger partial charge in [-0.05, 0) is 51.3 Å². The van der Waals surface area contributed by atoms with Gasteiger partial charge in [0.1, 0.15) is 17.1 Å². The number of anilines is 1. The minimum atomic E-state index is -4.58. The van der Waals surface area contributed by atoms with Crippen LogP contribution in [0, 0.1) is 0 Å². The summed E-state index contributed by atoms with van der Waals surface area (Å²) in [6.07, 6.45) is -3.85. The third kappa shape index (κ3) is 5.76. The fourth-order valence-corrected chi connectivity index (χ4v) is 2.64. The Bertz CT molecular complexity index is 636. The number of nitrogens with one attached hydrogen (secondary N) is 1. The number of ether oxygens (including phenoxy) is 1. The number of piperidine rings is 1. The molecule has 0 saturated carbocycles. The number of amides is 1. The van der Waals surface area contributed by atoms with Gasteiger partial charge in [-0.2, -0.15) is 13.2 Å². The summed E-state index contributed by atoms with van der Waals surface area (Å²) in [4.78, 5) is 17.2. The number of rotatable bonds is 3. The second-order valence-electron chi connectivity index (χ2n) is 7.29. The second-order valence-corrected chi connectivity index (χ2v) is 7.29. The molecule has 1 amide bonds. The van der Waals surface area contributed by atoms with Gasteiger partial charge in [-0.1, -0.05) is 0 Å². The molecule has 1 aromatic rings. The van der Waals surface area contributed by atoms with E-state index >= 15 is 0 Å². The number of hydrogen-bond donors (Lipinski definition) is 2. The maximum Gasteiger partial charge on any atom is 0.433 e. The van der Waals surface area contributed by atoms with E-state index in [0.29, 0.717) is 25.9 Å². The van der Waals surface area contributed by atoms with Gasteiger partial charge in [0.15, 0.2) is 0 Å². The van der Waals surface area contributed by atoms with Crippen LogP contribution in [0.4, 0.5) is 23.8 Å². The van der Waals surface area contributed by atoms with E-state index in [1.807, 2.05) is 0 Å². The summed E-state index contributed by atoms with van der Waals surface area (Å²) in [7, 11) is 0. The van der Waals surface area contributed by atoms with Crippen LogP contribution in [0.1, 0.15) is 44.9 Å². The van der Waals surface area contributed by atoms with Crippen molar-refractivity contribution in [3.8, 4) is 0 Å². The van der Waals surface area contributed by atoms with Crippen LogP contribution in [-0.2, 0) is 17.5 Å². The van der Waals surface area contributed by atoms with Crippen molar-refractivity contribution >= 4 is 11.9 Å². The smallest absolute Gasteiger partial charge is 0.433 e. The first kappa shape index (κ1) is 20.3. The molecule has 2 rings (SSSR count). The van der Waals surface area contributed by atoms with Crippen LogP contribution in [-0.4, -0.2) is 45.8 Å². The zero-order valence-electron chi connectivity index (χ0n) is 15.1. The fraction of sp³-hybridized carbons (Fsp3) is 0.647. The van der Waals surface area contributed by atoms with Gasteiger partial charge >= 0.3 is 12.3 Å². The number of alkyl halides is 3. The first-order valence-electron chi connectivity index (χ1n) is 8.41. The van der Waals surface area contributed by atoms with Crippen molar-refractivity contribution in [2.75, 3.05) is 18.4 Å². The highest BCUT2D eigenvalue weighted by Gasteiger charge is 2.33. The van der Waals surface area contributed by atoms with Gasteiger partial charge in [0.2, 0.25) is 0 Å². The quantitative estimate of drug-likeness (QED) is 0.847. The Morgan fingerprint density at radius 2 is 1.92 bits per heavy atom. The number of aliphatic hydroxyl groups excluding tert-OH is 1. The number of aliphatic hydroxyl groups is 1. The van der Waals surface area contributed by atoms with E-state index in [2.05, 4.69) is 10.3 Å². The summed E-state index contributed by atoms with van der Waals surface area (Å²) >= 11 is 0. The summed E-state index contributed by atoms with van der Waals surface area (Å²) in [5.41, 5.74) is -1.48. The van der Waals surface area contributed by atoms with Crippen LogP contribution < -0.4 is 5.32 Å². The first-order chi connectivity index (χ1) is 12.0. The molecule has 1 aromatic heterocycles. The van der Waals surface area contributed by atoms with Gasteiger partial charge in [-0.15, -0.1) is 0 Å². The summed E-state index contributed by atoms with van der Waals surface area (Å²) in [6, 6.07) is 2.11. The SMILES string of the molecule is CC(C)(C)OC(=O)N1CCC(Nc2cc(CO)cc(C(F)(F)F)n2)CC1. The Hall–Kier alpha value is -2.03. The molecule has 0 unspecified atom stereocenters. The maximum atomic E-state index is 12.9. The van der Waals surface area contributed by atoms with Crippen molar-refractivity contribution in [3.05, 3.63) is 23.4 Å². The third-order valence-corrected chi connectivity index (χ3v) is 3.86. The molecule has 1 aliphatic rings. The van der Waals surface area contributed by atoms with Crippen molar-refractivity contribution < 1.29 is 27.8 Å². The molecule has 1 fully saturated rings. The van der Waals surface area contributed by atoms with Crippen molar-refractivity contribution in [3.63, 3.8) is 0 Å². The van der Waals surface area contributed by atoms with Crippen molar-refractivity contribution in [1.82, 2.24) is 9.88 Å². The Morgan fingerprint density at radius 3 is 2.42 bits per heavy atom. The molecule has 9 heteroatoms. The molecule has 0 atom stereocenters. The summed E-state index contributed by atoms with van der Waals surface area (Å²) in [5, 5.41) is 12.1. The zero-order chi connectivity index (χ0) is 19.5. The molecule has 0 spiro atoms. The summed E-state index contributed by atoms with van der Waals surface area (Å²) < 4.78 is 44.0. The zero-order valence-corrected chi connectivity index (χ0v) is 15.1. The van der Waals surface area contributed by atoms with E-state index in [9.17, 15) is 18.0 Å². The molecule has 2 N–H and O–H groups in total. The Balaban J connectivity index is 1.98. The first-order valence-corrected chi connectivity index (χ1v) is 8.41. The molecule has 1 saturated heterocycles. The second kappa shape index (κ2) is 7.69. The third-order valence-electron chi connectivity index (χ3n) is 3.86. The standard InChI is InChI=1S/C17H24F3N3O3/c1-16(2,3)26-15(25)23-6-4-12(5-7-23)21-14-9-11(10-24)8-13(22-14)17(18,19)20/h8-9,12,24H,4-7,10H2,1-3H3,(H,21,22). The van der Waals surface area contributed by atoms with E-state index in [1.165, 1.54) is 6.07 Å². The normalized spacial score (nSPS) is 16.5. The number of nitrogens with zero attached hydrogens (tertiary/aromatic N) is 2. The molecule has 0 radical (unpaired) electrons.